The number of amides is 2. The van der Waals surface area contributed by atoms with Gasteiger partial charge in [-0.05, 0) is 51.6 Å². The number of rotatable bonds is 6. The lowest BCUT2D eigenvalue weighted by Gasteiger charge is -2.20. The first-order valence-corrected chi connectivity index (χ1v) is 9.42. The van der Waals surface area contributed by atoms with Gasteiger partial charge in [0.15, 0.2) is 0 Å². The van der Waals surface area contributed by atoms with Crippen LogP contribution in [0.1, 0.15) is 23.9 Å². The predicted molar refractivity (Wildman–Crippen MR) is 106 cm³/mol. The van der Waals surface area contributed by atoms with Crippen LogP contribution in [-0.2, 0) is 11.3 Å². The van der Waals surface area contributed by atoms with E-state index >= 15 is 0 Å². The zero-order valence-electron chi connectivity index (χ0n) is 16.5. The SMILES string of the molecule is CCO[C@H]1CN(C)C[C@@H]1NC(=O)Nc1ccc(Cn2nc(C)cc2C)cc1. The highest BCUT2D eigenvalue weighted by Crippen LogP contribution is 2.14. The summed E-state index contributed by atoms with van der Waals surface area (Å²) in [6.07, 6.45) is 0.0360. The van der Waals surface area contributed by atoms with Crippen molar-refractivity contribution in [3.8, 4) is 0 Å². The summed E-state index contributed by atoms with van der Waals surface area (Å²) in [6.45, 7) is 9.01. The Labute approximate surface area is 160 Å². The number of benzene rings is 1. The molecule has 3 rings (SSSR count). The number of nitrogens with one attached hydrogen (secondary N) is 2. The molecule has 1 aromatic heterocycles. The molecule has 0 unspecified atom stereocenters. The third kappa shape index (κ3) is 5.08. The number of hydrogen-bond acceptors (Lipinski definition) is 4. The van der Waals surface area contributed by atoms with E-state index in [1.54, 1.807) is 0 Å². The molecular weight excluding hydrogens is 342 g/mol. The molecular formula is C20H29N5O2. The Morgan fingerprint density at radius 1 is 1.26 bits per heavy atom. The lowest BCUT2D eigenvalue weighted by molar-refractivity contribution is 0.0568. The second-order valence-corrected chi connectivity index (χ2v) is 7.20. The highest BCUT2D eigenvalue weighted by Gasteiger charge is 2.32. The molecule has 0 spiro atoms. The van der Waals surface area contributed by atoms with Crippen LogP contribution in [-0.4, -0.2) is 59.6 Å². The van der Waals surface area contributed by atoms with Gasteiger partial charge in [-0.1, -0.05) is 12.1 Å². The third-order valence-corrected chi connectivity index (χ3v) is 4.79. The summed E-state index contributed by atoms with van der Waals surface area (Å²) < 4.78 is 7.71. The highest BCUT2D eigenvalue weighted by molar-refractivity contribution is 5.89. The van der Waals surface area contributed by atoms with E-state index in [2.05, 4.69) is 33.6 Å². The van der Waals surface area contributed by atoms with Gasteiger partial charge in [-0.25, -0.2) is 4.79 Å². The number of anilines is 1. The lowest BCUT2D eigenvalue weighted by atomic mass is 10.2. The number of hydrogen-bond donors (Lipinski definition) is 2. The molecule has 2 amide bonds. The first-order valence-electron chi connectivity index (χ1n) is 9.42. The van der Waals surface area contributed by atoms with Gasteiger partial charge in [0.05, 0.1) is 24.4 Å². The van der Waals surface area contributed by atoms with Gasteiger partial charge in [-0.3, -0.25) is 4.68 Å². The van der Waals surface area contributed by atoms with Crippen LogP contribution >= 0.6 is 0 Å². The number of aromatic nitrogens is 2. The molecule has 2 aromatic rings. The second kappa shape index (κ2) is 8.54. The normalized spacial score (nSPS) is 20.0. The summed E-state index contributed by atoms with van der Waals surface area (Å²) >= 11 is 0. The van der Waals surface area contributed by atoms with Crippen LogP contribution in [0.25, 0.3) is 0 Å². The van der Waals surface area contributed by atoms with E-state index in [1.165, 1.54) is 0 Å². The summed E-state index contributed by atoms with van der Waals surface area (Å²) in [5, 5.41) is 10.4. The van der Waals surface area contributed by atoms with E-state index in [4.69, 9.17) is 4.74 Å². The summed E-state index contributed by atoms with van der Waals surface area (Å²) in [5.41, 5.74) is 4.06. The van der Waals surface area contributed by atoms with Crippen LogP contribution in [0.4, 0.5) is 10.5 Å². The average molecular weight is 371 g/mol. The Bertz CT molecular complexity index is 771. The Hall–Kier alpha value is -2.38. The minimum atomic E-state index is -0.203. The first-order chi connectivity index (χ1) is 12.9. The second-order valence-electron chi connectivity index (χ2n) is 7.20. The molecule has 2 heterocycles. The molecule has 2 N–H and O–H groups in total. The van der Waals surface area contributed by atoms with Gasteiger partial charge < -0.3 is 20.3 Å². The molecule has 7 heteroatoms. The van der Waals surface area contributed by atoms with Gasteiger partial charge >= 0.3 is 6.03 Å². The van der Waals surface area contributed by atoms with Crippen molar-refractivity contribution in [3.63, 3.8) is 0 Å². The Morgan fingerprint density at radius 2 is 2.00 bits per heavy atom. The fourth-order valence-electron chi connectivity index (χ4n) is 3.52. The Kier molecular flexibility index (Phi) is 6.13. The fraction of sp³-hybridized carbons (Fsp3) is 0.500. The van der Waals surface area contributed by atoms with Crippen LogP contribution < -0.4 is 10.6 Å². The highest BCUT2D eigenvalue weighted by atomic mass is 16.5. The van der Waals surface area contributed by atoms with Crippen molar-refractivity contribution >= 4 is 11.7 Å². The number of carbonyl (C=O) groups is 1. The molecule has 0 saturated carbocycles. The molecule has 0 aliphatic carbocycles. The van der Waals surface area contributed by atoms with E-state index in [1.807, 2.05) is 49.8 Å². The van der Waals surface area contributed by atoms with Crippen molar-refractivity contribution < 1.29 is 9.53 Å². The quantitative estimate of drug-likeness (QED) is 0.818. The fourth-order valence-corrected chi connectivity index (χ4v) is 3.52. The summed E-state index contributed by atoms with van der Waals surface area (Å²) in [5.74, 6) is 0. The topological polar surface area (TPSA) is 71.4 Å². The van der Waals surface area contributed by atoms with E-state index in [0.717, 1.165) is 42.3 Å². The van der Waals surface area contributed by atoms with Gasteiger partial charge in [-0.15, -0.1) is 0 Å². The van der Waals surface area contributed by atoms with Crippen molar-refractivity contribution in [1.29, 1.82) is 0 Å². The van der Waals surface area contributed by atoms with Gasteiger partial charge in [0.2, 0.25) is 0 Å². The molecule has 7 nitrogen and oxygen atoms in total. The van der Waals surface area contributed by atoms with Crippen LogP contribution in [0.2, 0.25) is 0 Å². The van der Waals surface area contributed by atoms with Crippen molar-refractivity contribution in [2.24, 2.45) is 0 Å². The molecule has 1 aromatic carbocycles. The molecule has 1 aliphatic heterocycles. The number of likely N-dealkylation sites (N-methyl/N-ethyl adjacent to an activating group) is 1. The average Bonchev–Trinajstić information content (AvgIpc) is 3.11. The maximum absolute atomic E-state index is 12.3. The zero-order chi connectivity index (χ0) is 19.4. The van der Waals surface area contributed by atoms with Crippen LogP contribution in [0, 0.1) is 13.8 Å². The van der Waals surface area contributed by atoms with E-state index in [-0.39, 0.29) is 18.2 Å². The third-order valence-electron chi connectivity index (χ3n) is 4.79. The summed E-state index contributed by atoms with van der Waals surface area (Å²) in [4.78, 5) is 14.5. The monoisotopic (exact) mass is 371 g/mol. The number of likely N-dealkylation sites (tertiary alicyclic amines) is 1. The van der Waals surface area contributed by atoms with Crippen molar-refractivity contribution in [2.75, 3.05) is 32.1 Å². The minimum Gasteiger partial charge on any atom is -0.375 e. The van der Waals surface area contributed by atoms with Gasteiger partial charge in [-0.2, -0.15) is 5.10 Å². The largest absolute Gasteiger partial charge is 0.375 e. The van der Waals surface area contributed by atoms with Crippen LogP contribution in [0.15, 0.2) is 30.3 Å². The molecule has 27 heavy (non-hydrogen) atoms. The molecule has 0 bridgehead atoms. The standard InChI is InChI=1S/C20H29N5O2/c1-5-27-19-13-24(4)12-18(19)22-20(26)21-17-8-6-16(7-9-17)11-25-15(3)10-14(2)23-25/h6-10,18-19H,5,11-13H2,1-4H3,(H2,21,22,26)/t18-,19-/m0/s1. The smallest absolute Gasteiger partial charge is 0.319 e. The Morgan fingerprint density at radius 3 is 2.63 bits per heavy atom. The maximum Gasteiger partial charge on any atom is 0.319 e. The van der Waals surface area contributed by atoms with Crippen LogP contribution in [0.5, 0.6) is 0 Å². The van der Waals surface area contributed by atoms with Gasteiger partial charge in [0.1, 0.15) is 0 Å². The number of nitrogens with zero attached hydrogens (tertiary/aromatic N) is 3. The van der Waals surface area contributed by atoms with Gasteiger partial charge in [0.25, 0.3) is 0 Å². The first kappa shape index (κ1) is 19.4. The van der Waals surface area contributed by atoms with Gasteiger partial charge in [0, 0.05) is 31.1 Å². The molecule has 1 saturated heterocycles. The van der Waals surface area contributed by atoms with Crippen molar-refractivity contribution in [2.45, 2.75) is 39.5 Å². The van der Waals surface area contributed by atoms with E-state index in [9.17, 15) is 4.79 Å². The molecule has 146 valence electrons. The van der Waals surface area contributed by atoms with Crippen molar-refractivity contribution in [3.05, 3.63) is 47.3 Å². The molecule has 0 radical (unpaired) electrons. The maximum atomic E-state index is 12.3. The van der Waals surface area contributed by atoms with Crippen LogP contribution in [0.3, 0.4) is 0 Å². The van der Waals surface area contributed by atoms with E-state index in [0.29, 0.717) is 6.61 Å². The summed E-state index contributed by atoms with van der Waals surface area (Å²) in [6, 6.07) is 9.72. The predicted octanol–water partition coefficient (Wildman–Crippen LogP) is 2.39. The summed E-state index contributed by atoms with van der Waals surface area (Å²) in [7, 11) is 2.03. The minimum absolute atomic E-state index is 0.000235. The Balaban J connectivity index is 1.54. The number of carbonyl (C=O) groups excluding carboxylic acids is 1. The molecule has 2 atom stereocenters. The number of ether oxygens (including phenoxy) is 1. The lowest BCUT2D eigenvalue weighted by Crippen LogP contribution is -2.45. The molecule has 1 fully saturated rings. The number of urea groups is 1. The van der Waals surface area contributed by atoms with Crippen molar-refractivity contribution in [1.82, 2.24) is 20.0 Å². The number of aryl methyl sites for hydroxylation is 2. The van der Waals surface area contributed by atoms with E-state index < -0.39 is 0 Å². The zero-order valence-corrected chi connectivity index (χ0v) is 16.5. The molecule has 1 aliphatic rings.